The second-order valence-electron chi connectivity index (χ2n) is 9.45. The average Bonchev–Trinajstić information content (AvgIpc) is 2.96. The zero-order valence-electron chi connectivity index (χ0n) is 22.6. The number of aryl methyl sites for hydroxylation is 1. The van der Waals surface area contributed by atoms with Gasteiger partial charge in [-0.1, -0.05) is 66.7 Å². The fourth-order valence-electron chi connectivity index (χ4n) is 4.59. The van der Waals surface area contributed by atoms with Crippen LogP contribution in [0.3, 0.4) is 0 Å². The summed E-state index contributed by atoms with van der Waals surface area (Å²) in [5.74, 6) is -0.487. The highest BCUT2D eigenvalue weighted by atomic mass is 32.2. The van der Waals surface area contributed by atoms with E-state index in [4.69, 9.17) is 9.47 Å². The molecule has 0 radical (unpaired) electrons. The van der Waals surface area contributed by atoms with E-state index in [0.717, 1.165) is 16.7 Å². The highest BCUT2D eigenvalue weighted by Gasteiger charge is 2.20. The number of H-pyrrole nitrogens is 1. The molecule has 8 heteroatoms. The van der Waals surface area contributed by atoms with Gasteiger partial charge in [-0.25, -0.2) is 13.2 Å². The van der Waals surface area contributed by atoms with Crippen LogP contribution in [0, 0.1) is 0 Å². The molecule has 208 valence electrons. The zero-order valence-corrected chi connectivity index (χ0v) is 23.4. The minimum Gasteiger partial charge on any atom is -0.479 e. The second-order valence-corrected chi connectivity index (χ2v) is 11.6. The molecule has 0 spiro atoms. The van der Waals surface area contributed by atoms with Crippen molar-refractivity contribution in [1.82, 2.24) is 4.98 Å². The molecule has 40 heavy (non-hydrogen) atoms. The summed E-state index contributed by atoms with van der Waals surface area (Å²) in [6.07, 6.45) is 1.43. The summed E-state index contributed by atoms with van der Waals surface area (Å²) >= 11 is 0. The average molecular weight is 560 g/mol. The van der Waals surface area contributed by atoms with Crippen molar-refractivity contribution in [3.8, 4) is 5.75 Å². The third kappa shape index (κ3) is 7.27. The summed E-state index contributed by atoms with van der Waals surface area (Å²) in [5.41, 5.74) is 3.41. The van der Waals surface area contributed by atoms with Gasteiger partial charge in [0.15, 0.2) is 15.9 Å². The Bertz CT molecular complexity index is 1540. The third-order valence-corrected chi connectivity index (χ3v) is 8.36. The molecule has 1 aromatic heterocycles. The van der Waals surface area contributed by atoms with Gasteiger partial charge in [-0.15, -0.1) is 0 Å². The first-order valence-electron chi connectivity index (χ1n) is 13.3. The Morgan fingerprint density at radius 1 is 0.875 bits per heavy atom. The smallest absolute Gasteiger partial charge is 0.347 e. The monoisotopic (exact) mass is 559 g/mol. The van der Waals surface area contributed by atoms with Crippen molar-refractivity contribution in [1.29, 1.82) is 0 Å². The number of hydrogen-bond acceptors (Lipinski definition) is 6. The number of nitrogens with one attached hydrogen (secondary N) is 1. The van der Waals surface area contributed by atoms with Crippen molar-refractivity contribution >= 4 is 15.8 Å². The minimum atomic E-state index is -3.65. The fraction of sp³-hybridized carbons (Fsp3) is 0.250. The van der Waals surface area contributed by atoms with Crippen LogP contribution in [0.2, 0.25) is 0 Å². The quantitative estimate of drug-likeness (QED) is 0.237. The van der Waals surface area contributed by atoms with E-state index >= 15 is 0 Å². The van der Waals surface area contributed by atoms with Crippen LogP contribution >= 0.6 is 0 Å². The molecule has 4 rings (SSSR count). The van der Waals surface area contributed by atoms with Crippen LogP contribution in [0.15, 0.2) is 107 Å². The maximum absolute atomic E-state index is 13.1. The van der Waals surface area contributed by atoms with Crippen molar-refractivity contribution in [2.75, 3.05) is 12.4 Å². The number of benzene rings is 3. The van der Waals surface area contributed by atoms with Crippen molar-refractivity contribution in [2.24, 2.45) is 0 Å². The van der Waals surface area contributed by atoms with Crippen molar-refractivity contribution < 1.29 is 22.7 Å². The molecule has 0 saturated carbocycles. The van der Waals surface area contributed by atoms with Gasteiger partial charge in [0.05, 0.1) is 17.3 Å². The van der Waals surface area contributed by atoms with Crippen LogP contribution < -0.4 is 10.3 Å². The molecule has 1 N–H and O–H groups in total. The maximum Gasteiger partial charge on any atom is 0.347 e. The first-order valence-corrected chi connectivity index (χ1v) is 14.9. The van der Waals surface area contributed by atoms with Gasteiger partial charge in [0.2, 0.25) is 0 Å². The number of ether oxygens (including phenoxy) is 2. The summed E-state index contributed by atoms with van der Waals surface area (Å²) in [7, 11) is -3.65. The van der Waals surface area contributed by atoms with Crippen molar-refractivity contribution in [3.05, 3.63) is 130 Å². The maximum atomic E-state index is 13.1. The lowest BCUT2D eigenvalue weighted by molar-refractivity contribution is -0.150. The van der Waals surface area contributed by atoms with E-state index in [0.29, 0.717) is 12.0 Å². The summed E-state index contributed by atoms with van der Waals surface area (Å²) in [4.78, 5) is 27.5. The van der Waals surface area contributed by atoms with Gasteiger partial charge >= 0.3 is 5.97 Å². The molecular weight excluding hydrogens is 526 g/mol. The predicted molar refractivity (Wildman–Crippen MR) is 154 cm³/mol. The molecule has 0 fully saturated rings. The van der Waals surface area contributed by atoms with E-state index in [9.17, 15) is 18.0 Å². The molecule has 0 amide bonds. The summed E-state index contributed by atoms with van der Waals surface area (Å²) in [6, 6.07) is 28.0. The molecular formula is C32H33NO6S. The molecule has 0 bridgehead atoms. The molecule has 3 aromatic carbocycles. The molecule has 0 saturated heterocycles. The van der Waals surface area contributed by atoms with E-state index < -0.39 is 21.9 Å². The third-order valence-electron chi connectivity index (χ3n) is 6.56. The Hall–Kier alpha value is -4.17. The first-order chi connectivity index (χ1) is 19.3. The van der Waals surface area contributed by atoms with E-state index in [1.54, 1.807) is 32.2 Å². The van der Waals surface area contributed by atoms with Crippen LogP contribution in [-0.2, 0) is 25.8 Å². The van der Waals surface area contributed by atoms with Gasteiger partial charge in [0.25, 0.3) is 5.56 Å². The number of pyridine rings is 1. The molecule has 1 atom stereocenters. The predicted octanol–water partition coefficient (Wildman–Crippen LogP) is 5.29. The number of rotatable bonds is 12. The van der Waals surface area contributed by atoms with E-state index in [1.807, 2.05) is 42.5 Å². The van der Waals surface area contributed by atoms with Crippen LogP contribution in [0.1, 0.15) is 48.4 Å². The van der Waals surface area contributed by atoms with Gasteiger partial charge in [-0.05, 0) is 67.6 Å². The summed E-state index contributed by atoms with van der Waals surface area (Å²) in [5, 5.41) is 0. The summed E-state index contributed by atoms with van der Waals surface area (Å²) in [6.45, 7) is 3.48. The Morgan fingerprint density at radius 3 is 2.15 bits per heavy atom. The molecule has 0 aliphatic heterocycles. The number of aromatic nitrogens is 1. The zero-order chi connectivity index (χ0) is 28.5. The van der Waals surface area contributed by atoms with Gasteiger partial charge in [-0.2, -0.15) is 0 Å². The molecule has 7 nitrogen and oxygen atoms in total. The summed E-state index contributed by atoms with van der Waals surface area (Å²) < 4.78 is 36.7. The highest BCUT2D eigenvalue weighted by molar-refractivity contribution is 7.91. The lowest BCUT2D eigenvalue weighted by Crippen LogP contribution is -2.26. The van der Waals surface area contributed by atoms with Gasteiger partial charge in [0.1, 0.15) is 5.75 Å². The van der Waals surface area contributed by atoms with Crippen LogP contribution in [0.25, 0.3) is 0 Å². The Kier molecular flexibility index (Phi) is 9.56. The first kappa shape index (κ1) is 28.8. The Labute approximate surface area is 234 Å². The molecule has 0 aliphatic rings. The lowest BCUT2D eigenvalue weighted by atomic mass is 9.85. The van der Waals surface area contributed by atoms with Gasteiger partial charge in [-0.3, -0.25) is 4.79 Å². The van der Waals surface area contributed by atoms with E-state index in [1.165, 1.54) is 12.1 Å². The minimum absolute atomic E-state index is 0.0820. The number of aromatic amines is 1. The fourth-order valence-corrected chi connectivity index (χ4v) is 5.94. The largest absolute Gasteiger partial charge is 0.479 e. The van der Waals surface area contributed by atoms with E-state index in [-0.39, 0.29) is 40.9 Å². The number of carbonyl (C=O) groups is 1. The highest BCUT2D eigenvalue weighted by Crippen LogP contribution is 2.31. The topological polar surface area (TPSA) is 103 Å². The van der Waals surface area contributed by atoms with Gasteiger partial charge in [0, 0.05) is 17.7 Å². The molecule has 0 aliphatic carbocycles. The van der Waals surface area contributed by atoms with Gasteiger partial charge < -0.3 is 14.5 Å². The SMILES string of the molecule is CCOC(=O)C(C)Oc1cccc(S(=O)(=O)CCCc2cc(C(c3ccccc3)c3ccccc3)c[nH]c2=O)c1. The Morgan fingerprint density at radius 2 is 1.52 bits per heavy atom. The lowest BCUT2D eigenvalue weighted by Gasteiger charge is -2.19. The number of hydrogen-bond donors (Lipinski definition) is 1. The molecule has 4 aromatic rings. The Balaban J connectivity index is 1.49. The van der Waals surface area contributed by atoms with Crippen molar-refractivity contribution in [3.63, 3.8) is 0 Å². The number of carbonyl (C=O) groups excluding carboxylic acids is 1. The van der Waals surface area contributed by atoms with Crippen LogP contribution in [0.5, 0.6) is 5.75 Å². The second kappa shape index (κ2) is 13.3. The molecule has 1 heterocycles. The van der Waals surface area contributed by atoms with E-state index in [2.05, 4.69) is 29.2 Å². The number of esters is 1. The van der Waals surface area contributed by atoms with Crippen molar-refractivity contribution in [2.45, 2.75) is 43.6 Å². The normalized spacial score (nSPS) is 12.2. The number of sulfone groups is 1. The van der Waals surface area contributed by atoms with Crippen LogP contribution in [0.4, 0.5) is 0 Å². The molecule has 1 unspecified atom stereocenters. The standard InChI is InChI=1S/C32H33NO6S/c1-3-38-32(35)23(2)39-28-17-10-18-29(21-28)40(36,37)19-11-16-26-20-27(22-33-31(26)34)30(24-12-6-4-7-13-24)25-14-8-5-9-15-25/h4-10,12-15,17-18,20-23,30H,3,11,16,19H2,1-2H3,(H,33,34). The van der Waals surface area contributed by atoms with Crippen LogP contribution in [-0.4, -0.2) is 37.8 Å².